The number of hydrogen-bond donors (Lipinski definition) is 2. The molecule has 0 saturated carbocycles. The number of ether oxygens (including phenoxy) is 2. The molecule has 30 heavy (non-hydrogen) atoms. The zero-order chi connectivity index (χ0) is 21.2. The molecule has 0 aliphatic rings. The molecule has 156 valence electrons. The van der Waals surface area contributed by atoms with Gasteiger partial charge in [-0.15, -0.1) is 0 Å². The highest BCUT2D eigenvalue weighted by molar-refractivity contribution is 5.79. The number of guanidine groups is 1. The van der Waals surface area contributed by atoms with E-state index in [1.165, 1.54) is 12.1 Å². The van der Waals surface area contributed by atoms with Gasteiger partial charge in [0.25, 0.3) is 0 Å². The molecule has 0 amide bonds. The highest BCUT2D eigenvalue weighted by Gasteiger charge is 2.05. The third-order valence-corrected chi connectivity index (χ3v) is 4.24. The van der Waals surface area contributed by atoms with Crippen LogP contribution in [0, 0.1) is 5.82 Å². The largest absolute Gasteiger partial charge is 0.496 e. The summed E-state index contributed by atoms with van der Waals surface area (Å²) in [5.74, 6) is 2.17. The summed E-state index contributed by atoms with van der Waals surface area (Å²) in [6, 6.07) is 17.4. The minimum Gasteiger partial charge on any atom is -0.496 e. The van der Waals surface area contributed by atoms with Crippen molar-refractivity contribution in [2.24, 2.45) is 4.99 Å². The zero-order valence-corrected chi connectivity index (χ0v) is 17.1. The van der Waals surface area contributed by atoms with Gasteiger partial charge in [0.1, 0.15) is 17.3 Å². The fourth-order valence-electron chi connectivity index (χ4n) is 2.77. The average Bonchev–Trinajstić information content (AvgIpc) is 2.78. The number of halogens is 1. The van der Waals surface area contributed by atoms with Crippen LogP contribution in [0.4, 0.5) is 4.39 Å². The molecule has 0 atom stereocenters. The van der Waals surface area contributed by atoms with Gasteiger partial charge < -0.3 is 20.1 Å². The van der Waals surface area contributed by atoms with Gasteiger partial charge in [0.2, 0.25) is 5.88 Å². The van der Waals surface area contributed by atoms with Crippen molar-refractivity contribution in [1.29, 1.82) is 0 Å². The van der Waals surface area contributed by atoms with E-state index in [0.29, 0.717) is 30.7 Å². The predicted octanol–water partition coefficient (Wildman–Crippen LogP) is 4.28. The average molecular weight is 408 g/mol. The lowest BCUT2D eigenvalue weighted by Crippen LogP contribution is -2.36. The standard InChI is InChI=1S/C23H25FN4O2/c1-3-25-23(28-16-18-6-4-5-7-21(18)29-2)27-15-17-12-13-26-22(14-17)30-20-10-8-19(24)9-11-20/h4-14H,3,15-16H2,1-2H3,(H2,25,27,28). The van der Waals surface area contributed by atoms with E-state index < -0.39 is 0 Å². The topological polar surface area (TPSA) is 67.8 Å². The second kappa shape index (κ2) is 10.8. The van der Waals surface area contributed by atoms with Crippen LogP contribution >= 0.6 is 0 Å². The summed E-state index contributed by atoms with van der Waals surface area (Å²) >= 11 is 0. The number of benzene rings is 2. The maximum absolute atomic E-state index is 13.0. The molecule has 0 aliphatic carbocycles. The SMILES string of the molecule is CCNC(=NCc1ccnc(Oc2ccc(F)cc2)c1)NCc1ccccc1OC. The summed E-state index contributed by atoms with van der Waals surface area (Å²) in [4.78, 5) is 8.84. The van der Waals surface area contributed by atoms with Crippen LogP contribution in [0.5, 0.6) is 17.4 Å². The van der Waals surface area contributed by atoms with Gasteiger partial charge in [0, 0.05) is 30.9 Å². The summed E-state index contributed by atoms with van der Waals surface area (Å²) in [5.41, 5.74) is 1.99. The van der Waals surface area contributed by atoms with Crippen LogP contribution in [-0.2, 0) is 13.1 Å². The molecule has 0 bridgehead atoms. The Morgan fingerprint density at radius 2 is 1.87 bits per heavy atom. The van der Waals surface area contributed by atoms with Crippen molar-refractivity contribution in [3.05, 3.63) is 83.8 Å². The van der Waals surface area contributed by atoms with Gasteiger partial charge in [-0.05, 0) is 48.9 Å². The third kappa shape index (κ3) is 6.20. The van der Waals surface area contributed by atoms with E-state index >= 15 is 0 Å². The highest BCUT2D eigenvalue weighted by atomic mass is 19.1. The molecule has 7 heteroatoms. The van der Waals surface area contributed by atoms with Crippen molar-refractivity contribution in [2.45, 2.75) is 20.0 Å². The first-order valence-corrected chi connectivity index (χ1v) is 9.70. The molecule has 0 spiro atoms. The van der Waals surface area contributed by atoms with E-state index in [2.05, 4.69) is 20.6 Å². The Balaban J connectivity index is 1.64. The fraction of sp³-hybridized carbons (Fsp3) is 0.217. The number of aromatic nitrogens is 1. The van der Waals surface area contributed by atoms with Crippen molar-refractivity contribution >= 4 is 5.96 Å². The Morgan fingerprint density at radius 1 is 1.07 bits per heavy atom. The van der Waals surface area contributed by atoms with E-state index in [1.807, 2.05) is 43.3 Å². The Bertz CT molecular complexity index is 977. The Kier molecular flexibility index (Phi) is 7.60. The van der Waals surface area contributed by atoms with E-state index in [0.717, 1.165) is 23.4 Å². The molecule has 3 rings (SSSR count). The first-order chi connectivity index (χ1) is 14.7. The quantitative estimate of drug-likeness (QED) is 0.430. The number of methoxy groups -OCH3 is 1. The van der Waals surface area contributed by atoms with Crippen LogP contribution in [0.3, 0.4) is 0 Å². The first kappa shape index (κ1) is 21.1. The smallest absolute Gasteiger partial charge is 0.219 e. The minimum atomic E-state index is -0.310. The van der Waals surface area contributed by atoms with Crippen molar-refractivity contribution in [3.8, 4) is 17.4 Å². The van der Waals surface area contributed by atoms with Crippen molar-refractivity contribution in [3.63, 3.8) is 0 Å². The summed E-state index contributed by atoms with van der Waals surface area (Å²) in [7, 11) is 1.66. The van der Waals surface area contributed by atoms with Crippen molar-refractivity contribution in [2.75, 3.05) is 13.7 Å². The van der Waals surface area contributed by atoms with E-state index in [-0.39, 0.29) is 5.82 Å². The number of nitrogens with one attached hydrogen (secondary N) is 2. The highest BCUT2D eigenvalue weighted by Crippen LogP contribution is 2.20. The third-order valence-electron chi connectivity index (χ3n) is 4.24. The maximum atomic E-state index is 13.0. The van der Waals surface area contributed by atoms with Crippen LogP contribution < -0.4 is 20.1 Å². The molecule has 1 aromatic heterocycles. The summed E-state index contributed by atoms with van der Waals surface area (Å²) < 4.78 is 24.1. The van der Waals surface area contributed by atoms with Crippen LogP contribution in [0.1, 0.15) is 18.1 Å². The van der Waals surface area contributed by atoms with Gasteiger partial charge in [-0.3, -0.25) is 0 Å². The van der Waals surface area contributed by atoms with Gasteiger partial charge in [-0.2, -0.15) is 0 Å². The lowest BCUT2D eigenvalue weighted by Gasteiger charge is -2.13. The number of para-hydroxylation sites is 1. The monoisotopic (exact) mass is 408 g/mol. The fourth-order valence-corrected chi connectivity index (χ4v) is 2.77. The minimum absolute atomic E-state index is 0.310. The Labute approximate surface area is 175 Å². The molecule has 6 nitrogen and oxygen atoms in total. The molecule has 0 aliphatic heterocycles. The van der Waals surface area contributed by atoms with Gasteiger partial charge in [0.05, 0.1) is 13.7 Å². The predicted molar refractivity (Wildman–Crippen MR) is 115 cm³/mol. The van der Waals surface area contributed by atoms with Crippen molar-refractivity contribution in [1.82, 2.24) is 15.6 Å². The normalized spacial score (nSPS) is 11.1. The molecule has 0 radical (unpaired) electrons. The molecular weight excluding hydrogens is 383 g/mol. The van der Waals surface area contributed by atoms with Crippen LogP contribution in [0.15, 0.2) is 71.9 Å². The first-order valence-electron chi connectivity index (χ1n) is 9.70. The molecule has 2 N–H and O–H groups in total. The number of pyridine rings is 1. The molecule has 2 aromatic carbocycles. The molecular formula is C23H25FN4O2. The van der Waals surface area contributed by atoms with Crippen molar-refractivity contribution < 1.29 is 13.9 Å². The van der Waals surface area contributed by atoms with Crippen LogP contribution in [0.2, 0.25) is 0 Å². The molecule has 0 fully saturated rings. The molecule has 0 unspecified atom stereocenters. The lowest BCUT2D eigenvalue weighted by molar-refractivity contribution is 0.409. The van der Waals surface area contributed by atoms with Gasteiger partial charge in [-0.1, -0.05) is 18.2 Å². The van der Waals surface area contributed by atoms with Gasteiger partial charge >= 0.3 is 0 Å². The number of rotatable bonds is 8. The maximum Gasteiger partial charge on any atom is 0.219 e. The molecule has 3 aromatic rings. The zero-order valence-electron chi connectivity index (χ0n) is 17.1. The summed E-state index contributed by atoms with van der Waals surface area (Å²) in [5, 5.41) is 6.55. The Morgan fingerprint density at radius 3 is 2.63 bits per heavy atom. The summed E-state index contributed by atoms with van der Waals surface area (Å²) in [6.45, 7) is 3.79. The number of nitrogens with zero attached hydrogens (tertiary/aromatic N) is 2. The van der Waals surface area contributed by atoms with E-state index in [1.54, 1.807) is 25.4 Å². The number of hydrogen-bond acceptors (Lipinski definition) is 4. The van der Waals surface area contributed by atoms with Gasteiger partial charge in [-0.25, -0.2) is 14.4 Å². The van der Waals surface area contributed by atoms with E-state index in [9.17, 15) is 4.39 Å². The van der Waals surface area contributed by atoms with Gasteiger partial charge in [0.15, 0.2) is 5.96 Å². The Hall–Kier alpha value is -3.61. The molecule has 1 heterocycles. The van der Waals surface area contributed by atoms with Crippen LogP contribution in [0.25, 0.3) is 0 Å². The second-order valence-electron chi connectivity index (χ2n) is 6.42. The number of aliphatic imine (C=N–C) groups is 1. The molecule has 0 saturated heterocycles. The second-order valence-corrected chi connectivity index (χ2v) is 6.42. The van der Waals surface area contributed by atoms with Crippen LogP contribution in [-0.4, -0.2) is 24.6 Å². The van der Waals surface area contributed by atoms with E-state index in [4.69, 9.17) is 9.47 Å². The summed E-state index contributed by atoms with van der Waals surface area (Å²) in [6.07, 6.45) is 1.67. The lowest BCUT2D eigenvalue weighted by atomic mass is 10.2.